The van der Waals surface area contributed by atoms with Crippen molar-refractivity contribution in [3.8, 4) is 11.1 Å². The van der Waals surface area contributed by atoms with Crippen molar-refractivity contribution in [2.75, 3.05) is 49.2 Å². The van der Waals surface area contributed by atoms with Gasteiger partial charge in [0.2, 0.25) is 12.4 Å². The van der Waals surface area contributed by atoms with Gasteiger partial charge in [0.15, 0.2) is 5.65 Å². The minimum absolute atomic E-state index is 0.111. The molecule has 2 fully saturated rings. The number of nitrogens with two attached hydrogens (primary N) is 1. The van der Waals surface area contributed by atoms with Crippen LogP contribution >= 0.6 is 0 Å². The molecule has 7 nitrogen and oxygen atoms in total. The maximum atomic E-state index is 15.1. The Morgan fingerprint density at radius 1 is 1.05 bits per heavy atom. The fraction of sp³-hybridized carbons (Fsp3) is 0.481. The Hall–Kier alpha value is -3.41. The van der Waals surface area contributed by atoms with Gasteiger partial charge in [0, 0.05) is 37.9 Å². The summed E-state index contributed by atoms with van der Waals surface area (Å²) in [6.07, 6.45) is -0.975. The number of primary amides is 1. The number of ether oxygens (including phenoxy) is 1. The van der Waals surface area contributed by atoms with E-state index < -0.39 is 29.3 Å². The summed E-state index contributed by atoms with van der Waals surface area (Å²) in [6, 6.07) is 4.99. The van der Waals surface area contributed by atoms with E-state index in [1.807, 2.05) is 6.07 Å². The molecule has 1 atom stereocenters. The molecular formula is C27H32F5N5O2. The number of morpholine rings is 1. The average molecular weight is 554 g/mol. The lowest BCUT2D eigenvalue weighted by atomic mass is 9.77. The molecule has 1 aromatic carbocycles. The van der Waals surface area contributed by atoms with Crippen LogP contribution in [-0.2, 0) is 9.53 Å². The number of carbonyl (C=O) groups excluding carboxylic acids is 1. The second kappa shape index (κ2) is 11.0. The molecule has 39 heavy (non-hydrogen) atoms. The number of anilines is 2. The van der Waals surface area contributed by atoms with Gasteiger partial charge in [-0.05, 0) is 48.6 Å². The maximum Gasteiger partial charge on any atom is 0.394 e. The molecule has 4 heterocycles. The number of hydrogen-bond donors (Lipinski definition) is 1. The van der Waals surface area contributed by atoms with Crippen molar-refractivity contribution in [3.05, 3.63) is 47.9 Å². The monoisotopic (exact) mass is 553 g/mol. The van der Waals surface area contributed by atoms with Gasteiger partial charge >= 0.3 is 6.18 Å². The van der Waals surface area contributed by atoms with Gasteiger partial charge in [-0.1, -0.05) is 13.8 Å². The highest BCUT2D eigenvalue weighted by Gasteiger charge is 2.53. The lowest BCUT2D eigenvalue weighted by Gasteiger charge is -2.34. The predicted molar refractivity (Wildman–Crippen MR) is 139 cm³/mol. The lowest BCUT2D eigenvalue weighted by Crippen LogP contribution is -2.40. The van der Waals surface area contributed by atoms with Gasteiger partial charge in [-0.25, -0.2) is 9.37 Å². The number of hydrogen-bond acceptors (Lipinski definition) is 5. The number of aromatic nitrogens is 2. The Labute approximate surface area is 223 Å². The summed E-state index contributed by atoms with van der Waals surface area (Å²) >= 11 is 0. The minimum Gasteiger partial charge on any atom is -0.378 e. The smallest absolute Gasteiger partial charge is 0.378 e. The number of amides is 1. The average Bonchev–Trinajstić information content (AvgIpc) is 3.52. The van der Waals surface area contributed by atoms with Crippen LogP contribution in [0.2, 0.25) is 0 Å². The van der Waals surface area contributed by atoms with Gasteiger partial charge in [-0.3, -0.25) is 9.20 Å². The van der Waals surface area contributed by atoms with Crippen LogP contribution in [0.15, 0.2) is 30.6 Å². The normalized spacial score (nSPS) is 18.3. The third kappa shape index (κ3) is 5.52. The molecule has 2 saturated heterocycles. The number of fused-ring (bicyclic) bond motifs is 1. The van der Waals surface area contributed by atoms with Gasteiger partial charge < -0.3 is 20.3 Å². The number of alkyl halides is 3. The van der Waals surface area contributed by atoms with Crippen LogP contribution in [0.4, 0.5) is 33.3 Å². The molecule has 1 amide bonds. The van der Waals surface area contributed by atoms with E-state index in [-0.39, 0.29) is 18.6 Å². The van der Waals surface area contributed by atoms with Crippen LogP contribution in [-0.4, -0.2) is 61.4 Å². The van der Waals surface area contributed by atoms with Crippen molar-refractivity contribution >= 4 is 23.4 Å². The van der Waals surface area contributed by atoms with Gasteiger partial charge in [0.25, 0.3) is 0 Å². The molecule has 2 N–H and O–H groups in total. The zero-order valence-electron chi connectivity index (χ0n) is 22.1. The molecule has 1 unspecified atom stereocenters. The first-order valence-electron chi connectivity index (χ1n) is 12.7. The summed E-state index contributed by atoms with van der Waals surface area (Å²) in [5, 5.41) is 0. The van der Waals surface area contributed by atoms with Crippen LogP contribution in [0.1, 0.15) is 25.8 Å². The maximum absolute atomic E-state index is 15.1. The van der Waals surface area contributed by atoms with E-state index in [9.17, 15) is 17.6 Å². The summed E-state index contributed by atoms with van der Waals surface area (Å²) < 4.78 is 77.4. The molecule has 5 rings (SSSR count). The first-order valence-corrected chi connectivity index (χ1v) is 12.7. The van der Waals surface area contributed by atoms with Crippen LogP contribution in [0.25, 0.3) is 16.8 Å². The molecule has 3 aromatic rings. The van der Waals surface area contributed by atoms with Crippen molar-refractivity contribution in [2.24, 2.45) is 17.1 Å². The van der Waals surface area contributed by atoms with Crippen molar-refractivity contribution < 1.29 is 31.5 Å². The van der Waals surface area contributed by atoms with E-state index in [0.717, 1.165) is 5.69 Å². The molecular weight excluding hydrogens is 521 g/mol. The Balaban J connectivity index is 0.00000112. The van der Waals surface area contributed by atoms with Crippen LogP contribution in [0.3, 0.4) is 0 Å². The van der Waals surface area contributed by atoms with Crippen LogP contribution < -0.4 is 15.5 Å². The van der Waals surface area contributed by atoms with E-state index in [1.165, 1.54) is 30.5 Å². The molecule has 0 radical (unpaired) electrons. The summed E-state index contributed by atoms with van der Waals surface area (Å²) in [7, 11) is 0. The Morgan fingerprint density at radius 2 is 1.72 bits per heavy atom. The molecule has 2 aliphatic rings. The predicted octanol–water partition coefficient (Wildman–Crippen LogP) is 4.94. The van der Waals surface area contributed by atoms with E-state index in [0.29, 0.717) is 61.6 Å². The molecule has 0 bridgehead atoms. The summed E-state index contributed by atoms with van der Waals surface area (Å²) in [5.74, 6) is -1.64. The molecule has 212 valence electrons. The first-order chi connectivity index (χ1) is 18.4. The van der Waals surface area contributed by atoms with Crippen molar-refractivity contribution in [3.63, 3.8) is 0 Å². The molecule has 0 saturated carbocycles. The molecule has 0 aliphatic carbocycles. The Kier molecular flexibility index (Phi) is 8.06. The first kappa shape index (κ1) is 28.6. The zero-order valence-corrected chi connectivity index (χ0v) is 22.1. The number of rotatable bonds is 4. The Morgan fingerprint density at radius 3 is 2.36 bits per heavy atom. The van der Waals surface area contributed by atoms with Crippen molar-refractivity contribution in [1.82, 2.24) is 9.38 Å². The zero-order chi connectivity index (χ0) is 28.5. The SMILES string of the molecule is Cc1cc(F)c(N2CCC(C(C)(C)C(F)(F)F)C2)cc1-c1cc(N2CCOCC2)c2ncc(F)n2c1.NC=O. The van der Waals surface area contributed by atoms with E-state index in [1.54, 1.807) is 24.1 Å². The number of benzene rings is 1. The number of imidazole rings is 1. The topological polar surface area (TPSA) is 76.1 Å². The summed E-state index contributed by atoms with van der Waals surface area (Å²) in [5.41, 5.74) is 5.79. The standard InChI is InChI=1S/C26H29F5N4O.CH3NO/c1-16-10-20(27)21(34-5-4-18(15-34)25(2,3)26(29,30)31)12-19(16)17-11-22(33-6-8-36-9-7-33)24-32-13-23(28)35(24)14-17;2-1-3/h10-14,18H,4-9,15H2,1-3H3;1H,(H2,2,3). The molecule has 2 aliphatic heterocycles. The molecule has 12 heteroatoms. The number of nitrogens with zero attached hydrogens (tertiary/aromatic N) is 4. The van der Waals surface area contributed by atoms with Crippen molar-refractivity contribution in [1.29, 1.82) is 0 Å². The second-order valence-electron chi connectivity index (χ2n) is 10.4. The largest absolute Gasteiger partial charge is 0.394 e. The van der Waals surface area contributed by atoms with Gasteiger partial charge in [-0.15, -0.1) is 0 Å². The second-order valence-corrected chi connectivity index (χ2v) is 10.4. The number of aryl methyl sites for hydroxylation is 1. The van der Waals surface area contributed by atoms with Gasteiger partial charge in [0.05, 0.1) is 36.2 Å². The number of pyridine rings is 1. The third-order valence-electron chi connectivity index (χ3n) is 7.78. The van der Waals surface area contributed by atoms with E-state index in [4.69, 9.17) is 9.53 Å². The number of halogens is 5. The highest BCUT2D eigenvalue weighted by atomic mass is 19.4. The minimum atomic E-state index is -4.34. The van der Waals surface area contributed by atoms with Crippen LogP contribution in [0, 0.1) is 30.0 Å². The summed E-state index contributed by atoms with van der Waals surface area (Å²) in [6.45, 7) is 6.98. The lowest BCUT2D eigenvalue weighted by molar-refractivity contribution is -0.227. The van der Waals surface area contributed by atoms with E-state index >= 15 is 4.39 Å². The van der Waals surface area contributed by atoms with Gasteiger partial charge in [0.1, 0.15) is 5.82 Å². The summed E-state index contributed by atoms with van der Waals surface area (Å²) in [4.78, 5) is 16.6. The highest BCUT2D eigenvalue weighted by Crippen LogP contribution is 2.48. The van der Waals surface area contributed by atoms with E-state index in [2.05, 4.69) is 15.6 Å². The fourth-order valence-corrected chi connectivity index (χ4v) is 5.24. The van der Waals surface area contributed by atoms with Gasteiger partial charge in [-0.2, -0.15) is 17.6 Å². The fourth-order valence-electron chi connectivity index (χ4n) is 5.24. The number of carbonyl (C=O) groups is 1. The highest BCUT2D eigenvalue weighted by molar-refractivity contribution is 5.80. The quantitative estimate of drug-likeness (QED) is 0.366. The third-order valence-corrected chi connectivity index (χ3v) is 7.78. The van der Waals surface area contributed by atoms with Crippen LogP contribution in [0.5, 0.6) is 0 Å². The molecule has 0 spiro atoms. The Bertz CT molecular complexity index is 1330. The molecule has 2 aromatic heterocycles. The van der Waals surface area contributed by atoms with Crippen molar-refractivity contribution in [2.45, 2.75) is 33.4 Å².